The number of ether oxygens (including phenoxy) is 1. The predicted molar refractivity (Wildman–Crippen MR) is 91.8 cm³/mol. The summed E-state index contributed by atoms with van der Waals surface area (Å²) in [5, 5.41) is 0. The van der Waals surface area contributed by atoms with Crippen LogP contribution in [0.15, 0.2) is 39.5 Å². The van der Waals surface area contributed by atoms with Crippen LogP contribution in [0.1, 0.15) is 34.2 Å². The molecule has 1 aromatic heterocycles. The molecule has 6 nitrogen and oxygen atoms in total. The van der Waals surface area contributed by atoms with Gasteiger partial charge in [0.2, 0.25) is 0 Å². The van der Waals surface area contributed by atoms with Gasteiger partial charge in [0.25, 0.3) is 5.91 Å². The topological polar surface area (TPSA) is 76.8 Å². The fourth-order valence-electron chi connectivity index (χ4n) is 3.12. The second-order valence-electron chi connectivity index (χ2n) is 6.10. The first-order valence-corrected chi connectivity index (χ1v) is 8.10. The second-order valence-corrected chi connectivity index (χ2v) is 6.10. The van der Waals surface area contributed by atoms with Gasteiger partial charge >= 0.3 is 11.6 Å². The Morgan fingerprint density at radius 1 is 1.24 bits per heavy atom. The molecule has 0 radical (unpaired) electrons. The quantitative estimate of drug-likeness (QED) is 0.801. The number of carbonyl (C=O) groups excluding carboxylic acids is 2. The maximum Gasteiger partial charge on any atom is 0.342 e. The molecular weight excluding hydrogens is 322 g/mol. The van der Waals surface area contributed by atoms with Crippen LogP contribution in [0.4, 0.5) is 5.69 Å². The van der Waals surface area contributed by atoms with Crippen LogP contribution in [0.5, 0.6) is 0 Å². The Morgan fingerprint density at radius 3 is 2.68 bits per heavy atom. The average molecular weight is 341 g/mol. The highest BCUT2D eigenvalue weighted by Crippen LogP contribution is 2.28. The van der Waals surface area contributed by atoms with Crippen molar-refractivity contribution < 1.29 is 18.7 Å². The minimum atomic E-state index is -0.940. The number of rotatable bonds is 3. The van der Waals surface area contributed by atoms with Gasteiger partial charge in [-0.25, -0.2) is 9.59 Å². The van der Waals surface area contributed by atoms with Gasteiger partial charge in [0, 0.05) is 18.3 Å². The van der Waals surface area contributed by atoms with Crippen molar-refractivity contribution in [3.63, 3.8) is 0 Å². The standard InChI is InChI=1S/C19H19NO5/c1-11-10-16(21)24-12(2)17(11)19(23)25-13(3)18(22)20-9-8-14-6-4-5-7-15(14)20/h4-7,10,13H,8-9H2,1-3H3/t13-/m1/s1. The first kappa shape index (κ1) is 17.0. The fourth-order valence-corrected chi connectivity index (χ4v) is 3.12. The summed E-state index contributed by atoms with van der Waals surface area (Å²) in [5.74, 6) is -0.765. The van der Waals surface area contributed by atoms with Crippen LogP contribution in [0.3, 0.4) is 0 Å². The van der Waals surface area contributed by atoms with Gasteiger partial charge in [-0.05, 0) is 44.4 Å². The van der Waals surface area contributed by atoms with Gasteiger partial charge in [-0.3, -0.25) is 4.79 Å². The van der Waals surface area contributed by atoms with E-state index in [9.17, 15) is 14.4 Å². The fraction of sp³-hybridized carbons (Fsp3) is 0.316. The molecular formula is C19H19NO5. The molecule has 0 bridgehead atoms. The zero-order valence-electron chi connectivity index (χ0n) is 14.4. The SMILES string of the molecule is Cc1cc(=O)oc(C)c1C(=O)O[C@H](C)C(=O)N1CCc2ccccc21. The number of amides is 1. The van der Waals surface area contributed by atoms with E-state index in [0.717, 1.165) is 17.7 Å². The van der Waals surface area contributed by atoms with Crippen molar-refractivity contribution in [1.29, 1.82) is 0 Å². The summed E-state index contributed by atoms with van der Waals surface area (Å²) in [5.41, 5.74) is 2.08. The maximum absolute atomic E-state index is 12.7. The summed E-state index contributed by atoms with van der Waals surface area (Å²) in [4.78, 5) is 38.1. The van der Waals surface area contributed by atoms with E-state index in [1.807, 2.05) is 24.3 Å². The number of hydrogen-bond acceptors (Lipinski definition) is 5. The third-order valence-electron chi connectivity index (χ3n) is 4.32. The summed E-state index contributed by atoms with van der Waals surface area (Å²) in [6.07, 6.45) is -0.158. The highest BCUT2D eigenvalue weighted by atomic mass is 16.5. The molecule has 2 heterocycles. The number of carbonyl (C=O) groups is 2. The minimum Gasteiger partial charge on any atom is -0.449 e. The first-order chi connectivity index (χ1) is 11.9. The van der Waals surface area contributed by atoms with Crippen molar-refractivity contribution >= 4 is 17.6 Å². The molecule has 0 aliphatic carbocycles. The number of hydrogen-bond donors (Lipinski definition) is 0. The summed E-state index contributed by atoms with van der Waals surface area (Å²) >= 11 is 0. The van der Waals surface area contributed by atoms with Crippen molar-refractivity contribution in [3.05, 3.63) is 63.2 Å². The zero-order valence-corrected chi connectivity index (χ0v) is 14.4. The van der Waals surface area contributed by atoms with Gasteiger partial charge < -0.3 is 14.1 Å². The lowest BCUT2D eigenvalue weighted by molar-refractivity contribution is -0.126. The van der Waals surface area contributed by atoms with E-state index in [0.29, 0.717) is 12.1 Å². The van der Waals surface area contributed by atoms with E-state index < -0.39 is 17.7 Å². The number of fused-ring (bicyclic) bond motifs is 1. The number of esters is 1. The molecule has 130 valence electrons. The Kier molecular flexibility index (Phi) is 4.44. The zero-order chi connectivity index (χ0) is 18.1. The third-order valence-corrected chi connectivity index (χ3v) is 4.32. The smallest absolute Gasteiger partial charge is 0.342 e. The molecule has 0 saturated heterocycles. The average Bonchev–Trinajstić information content (AvgIpc) is 2.97. The van der Waals surface area contributed by atoms with Crippen LogP contribution in [-0.4, -0.2) is 24.5 Å². The third kappa shape index (κ3) is 3.20. The van der Waals surface area contributed by atoms with Gasteiger partial charge in [0.05, 0.1) is 0 Å². The van der Waals surface area contributed by atoms with Gasteiger partial charge in [-0.15, -0.1) is 0 Å². The van der Waals surface area contributed by atoms with E-state index >= 15 is 0 Å². The highest BCUT2D eigenvalue weighted by molar-refractivity contribution is 6.00. The summed E-state index contributed by atoms with van der Waals surface area (Å²) < 4.78 is 10.3. The Bertz CT molecular complexity index is 873. The largest absolute Gasteiger partial charge is 0.449 e. The Hall–Kier alpha value is -2.89. The molecule has 0 spiro atoms. The molecule has 1 amide bonds. The molecule has 1 aliphatic rings. The molecule has 3 rings (SSSR count). The molecule has 1 aromatic carbocycles. The lowest BCUT2D eigenvalue weighted by Gasteiger charge is -2.22. The molecule has 1 aliphatic heterocycles. The molecule has 0 unspecified atom stereocenters. The monoisotopic (exact) mass is 341 g/mol. The van der Waals surface area contributed by atoms with Crippen molar-refractivity contribution in [2.45, 2.75) is 33.3 Å². The Balaban J connectivity index is 1.77. The van der Waals surface area contributed by atoms with Crippen molar-refractivity contribution in [3.8, 4) is 0 Å². The van der Waals surface area contributed by atoms with Crippen molar-refractivity contribution in [2.24, 2.45) is 0 Å². The predicted octanol–water partition coefficient (Wildman–Crippen LogP) is 2.39. The van der Waals surface area contributed by atoms with Gasteiger partial charge in [0.15, 0.2) is 6.10 Å². The Morgan fingerprint density at radius 2 is 1.96 bits per heavy atom. The summed E-state index contributed by atoms with van der Waals surface area (Å²) in [6, 6.07) is 8.91. The molecule has 6 heteroatoms. The summed E-state index contributed by atoms with van der Waals surface area (Å²) in [7, 11) is 0. The first-order valence-electron chi connectivity index (χ1n) is 8.10. The van der Waals surface area contributed by atoms with E-state index in [1.54, 1.807) is 18.7 Å². The van der Waals surface area contributed by atoms with Crippen molar-refractivity contribution in [1.82, 2.24) is 0 Å². The molecule has 2 aromatic rings. The number of aryl methyl sites for hydroxylation is 2. The van der Waals surface area contributed by atoms with E-state index in [2.05, 4.69) is 0 Å². The number of benzene rings is 1. The minimum absolute atomic E-state index is 0.182. The van der Waals surface area contributed by atoms with Gasteiger partial charge in [-0.2, -0.15) is 0 Å². The van der Waals surface area contributed by atoms with E-state index in [-0.39, 0.29) is 17.2 Å². The molecule has 0 fully saturated rings. The van der Waals surface area contributed by atoms with Crippen LogP contribution in [0, 0.1) is 13.8 Å². The molecule has 0 N–H and O–H groups in total. The van der Waals surface area contributed by atoms with Crippen molar-refractivity contribution in [2.75, 3.05) is 11.4 Å². The van der Waals surface area contributed by atoms with Gasteiger partial charge in [-0.1, -0.05) is 18.2 Å². The van der Waals surface area contributed by atoms with Crippen LogP contribution < -0.4 is 10.5 Å². The molecule has 25 heavy (non-hydrogen) atoms. The van der Waals surface area contributed by atoms with Crippen LogP contribution in [0.2, 0.25) is 0 Å². The van der Waals surface area contributed by atoms with Gasteiger partial charge in [0.1, 0.15) is 11.3 Å². The number of anilines is 1. The highest BCUT2D eigenvalue weighted by Gasteiger charge is 2.30. The van der Waals surface area contributed by atoms with Crippen LogP contribution in [0.25, 0.3) is 0 Å². The lowest BCUT2D eigenvalue weighted by Crippen LogP contribution is -2.39. The van der Waals surface area contributed by atoms with E-state index in [4.69, 9.17) is 9.15 Å². The normalized spacial score (nSPS) is 14.1. The molecule has 0 saturated carbocycles. The Labute approximate surface area is 145 Å². The lowest BCUT2D eigenvalue weighted by atomic mass is 10.1. The van der Waals surface area contributed by atoms with E-state index in [1.165, 1.54) is 13.0 Å². The second kappa shape index (κ2) is 6.55. The maximum atomic E-state index is 12.7. The van der Waals surface area contributed by atoms with Crippen LogP contribution in [-0.2, 0) is 16.0 Å². The van der Waals surface area contributed by atoms with Crippen LogP contribution >= 0.6 is 0 Å². The molecule has 1 atom stereocenters. The summed E-state index contributed by atoms with van der Waals surface area (Å²) in [6.45, 7) is 5.27. The number of para-hydroxylation sites is 1. The number of nitrogens with zero attached hydrogens (tertiary/aromatic N) is 1.